The number of hydrogen-bond donors (Lipinski definition) is 1. The maximum absolute atomic E-state index is 10.8. The zero-order chi connectivity index (χ0) is 19.3. The van der Waals surface area contributed by atoms with E-state index in [4.69, 9.17) is 23.2 Å². The monoisotopic (exact) mass is 410 g/mol. The smallest absolute Gasteiger partial charge is 0.113 e. The number of aliphatic hydroxyl groups excluding tert-OH is 1. The van der Waals surface area contributed by atoms with Gasteiger partial charge in [-0.25, -0.2) is 4.68 Å². The molecule has 0 unspecified atom stereocenters. The van der Waals surface area contributed by atoms with Gasteiger partial charge >= 0.3 is 0 Å². The Kier molecular flexibility index (Phi) is 4.23. The molecule has 0 bridgehead atoms. The van der Waals surface area contributed by atoms with Gasteiger partial charge in [0.05, 0.1) is 24.7 Å². The first kappa shape index (κ1) is 17.5. The fourth-order valence-electron chi connectivity index (χ4n) is 3.77. The SMILES string of the molecule is O[C@@H](Cn1nnc2ccccc21)Cn1c2ccc(Cl)cc2c2cc(Cl)ccc21. The fourth-order valence-corrected chi connectivity index (χ4v) is 4.11. The van der Waals surface area contributed by atoms with Gasteiger partial charge < -0.3 is 9.67 Å². The van der Waals surface area contributed by atoms with Crippen LogP contribution in [0.4, 0.5) is 0 Å². The highest BCUT2D eigenvalue weighted by molar-refractivity contribution is 6.33. The third-order valence-electron chi connectivity index (χ3n) is 4.99. The minimum absolute atomic E-state index is 0.350. The van der Waals surface area contributed by atoms with Crippen LogP contribution in [0.3, 0.4) is 0 Å². The lowest BCUT2D eigenvalue weighted by molar-refractivity contribution is 0.133. The fraction of sp³-hybridized carbons (Fsp3) is 0.143. The molecule has 5 nitrogen and oxygen atoms in total. The van der Waals surface area contributed by atoms with E-state index in [-0.39, 0.29) is 0 Å². The van der Waals surface area contributed by atoms with Crippen molar-refractivity contribution in [2.45, 2.75) is 19.2 Å². The largest absolute Gasteiger partial charge is 0.389 e. The summed E-state index contributed by atoms with van der Waals surface area (Å²) in [5, 5.41) is 22.5. The maximum Gasteiger partial charge on any atom is 0.113 e. The second-order valence-corrected chi connectivity index (χ2v) is 7.72. The van der Waals surface area contributed by atoms with Gasteiger partial charge in [0.2, 0.25) is 0 Å². The quantitative estimate of drug-likeness (QED) is 0.457. The van der Waals surface area contributed by atoms with E-state index in [9.17, 15) is 5.11 Å². The maximum atomic E-state index is 10.8. The van der Waals surface area contributed by atoms with Gasteiger partial charge in [0.25, 0.3) is 0 Å². The van der Waals surface area contributed by atoms with Crippen LogP contribution in [0.2, 0.25) is 10.0 Å². The van der Waals surface area contributed by atoms with Crippen molar-refractivity contribution in [3.63, 3.8) is 0 Å². The number of aromatic nitrogens is 4. The summed E-state index contributed by atoms with van der Waals surface area (Å²) in [6, 6.07) is 19.3. The molecule has 2 heterocycles. The summed E-state index contributed by atoms with van der Waals surface area (Å²) >= 11 is 12.4. The summed E-state index contributed by atoms with van der Waals surface area (Å²) in [6.45, 7) is 0.764. The molecule has 28 heavy (non-hydrogen) atoms. The Morgan fingerprint density at radius 2 is 1.46 bits per heavy atom. The summed E-state index contributed by atoms with van der Waals surface area (Å²) in [4.78, 5) is 0. The Bertz CT molecular complexity index is 1270. The van der Waals surface area contributed by atoms with E-state index >= 15 is 0 Å². The number of aliphatic hydroxyl groups is 1. The predicted molar refractivity (Wildman–Crippen MR) is 113 cm³/mol. The molecule has 0 aliphatic carbocycles. The minimum atomic E-state index is -0.643. The molecule has 2 aromatic heterocycles. The van der Waals surface area contributed by atoms with Crippen molar-refractivity contribution in [3.05, 3.63) is 70.7 Å². The molecule has 5 aromatic rings. The van der Waals surface area contributed by atoms with Crippen LogP contribution in [-0.2, 0) is 13.1 Å². The molecular formula is C21H16Cl2N4O. The third-order valence-corrected chi connectivity index (χ3v) is 5.46. The van der Waals surface area contributed by atoms with Gasteiger partial charge in [-0.15, -0.1) is 5.10 Å². The van der Waals surface area contributed by atoms with E-state index in [1.54, 1.807) is 4.68 Å². The van der Waals surface area contributed by atoms with Gasteiger partial charge in [0.1, 0.15) is 5.52 Å². The third kappa shape index (κ3) is 2.92. The van der Waals surface area contributed by atoms with Crippen LogP contribution in [0, 0.1) is 0 Å². The first-order valence-corrected chi connectivity index (χ1v) is 9.69. The van der Waals surface area contributed by atoms with Gasteiger partial charge in [0.15, 0.2) is 0 Å². The molecule has 140 valence electrons. The highest BCUT2D eigenvalue weighted by Gasteiger charge is 2.16. The van der Waals surface area contributed by atoms with Crippen molar-refractivity contribution < 1.29 is 5.11 Å². The van der Waals surface area contributed by atoms with Crippen LogP contribution in [0.15, 0.2) is 60.7 Å². The van der Waals surface area contributed by atoms with Crippen molar-refractivity contribution in [1.29, 1.82) is 0 Å². The van der Waals surface area contributed by atoms with E-state index in [0.717, 1.165) is 32.8 Å². The van der Waals surface area contributed by atoms with Crippen molar-refractivity contribution in [2.75, 3.05) is 0 Å². The Morgan fingerprint density at radius 1 is 0.821 bits per heavy atom. The Balaban J connectivity index is 1.55. The molecule has 0 spiro atoms. The van der Waals surface area contributed by atoms with Crippen LogP contribution >= 0.6 is 23.2 Å². The molecule has 1 atom stereocenters. The zero-order valence-electron chi connectivity index (χ0n) is 14.8. The molecule has 0 amide bonds. The normalized spacial score (nSPS) is 13.0. The molecule has 5 rings (SSSR count). The Morgan fingerprint density at radius 3 is 2.14 bits per heavy atom. The van der Waals surface area contributed by atoms with E-state index in [0.29, 0.717) is 23.1 Å². The van der Waals surface area contributed by atoms with Crippen LogP contribution in [0.25, 0.3) is 32.8 Å². The molecule has 0 aliphatic heterocycles. The zero-order valence-corrected chi connectivity index (χ0v) is 16.3. The molecule has 0 aliphatic rings. The summed E-state index contributed by atoms with van der Waals surface area (Å²) in [6.07, 6.45) is -0.643. The minimum Gasteiger partial charge on any atom is -0.389 e. The Hall–Kier alpha value is -2.60. The van der Waals surface area contributed by atoms with E-state index < -0.39 is 6.10 Å². The average Bonchev–Trinajstić information content (AvgIpc) is 3.21. The lowest BCUT2D eigenvalue weighted by Crippen LogP contribution is -2.22. The Labute approximate surface area is 170 Å². The highest BCUT2D eigenvalue weighted by atomic mass is 35.5. The number of para-hydroxylation sites is 1. The van der Waals surface area contributed by atoms with Crippen molar-refractivity contribution >= 4 is 56.0 Å². The van der Waals surface area contributed by atoms with Gasteiger partial charge in [-0.3, -0.25) is 0 Å². The van der Waals surface area contributed by atoms with Crippen LogP contribution in [-0.4, -0.2) is 30.8 Å². The number of benzene rings is 3. The molecule has 1 N–H and O–H groups in total. The number of halogens is 2. The van der Waals surface area contributed by atoms with Crippen molar-refractivity contribution in [2.24, 2.45) is 0 Å². The second kappa shape index (κ2) is 6.78. The van der Waals surface area contributed by atoms with Crippen molar-refractivity contribution in [1.82, 2.24) is 19.6 Å². The standard InChI is InChI=1S/C21H16Cl2N4O/c22-13-5-7-19-16(9-13)17-10-14(23)6-8-20(17)26(19)11-15(28)12-27-21-4-2-1-3-18(21)24-25-27/h1-10,15,28H,11-12H2/t15-/m1/s1. The number of rotatable bonds is 4. The topological polar surface area (TPSA) is 55.9 Å². The second-order valence-electron chi connectivity index (χ2n) is 6.85. The lowest BCUT2D eigenvalue weighted by atomic mass is 10.1. The van der Waals surface area contributed by atoms with E-state index in [1.165, 1.54) is 0 Å². The molecular weight excluding hydrogens is 395 g/mol. The van der Waals surface area contributed by atoms with Crippen LogP contribution < -0.4 is 0 Å². The summed E-state index contributed by atoms with van der Waals surface area (Å²) in [5.74, 6) is 0. The average molecular weight is 411 g/mol. The molecule has 0 saturated carbocycles. The van der Waals surface area contributed by atoms with Crippen molar-refractivity contribution in [3.8, 4) is 0 Å². The lowest BCUT2D eigenvalue weighted by Gasteiger charge is -2.14. The number of fused-ring (bicyclic) bond motifs is 4. The predicted octanol–water partition coefficient (Wildman–Crippen LogP) is 4.91. The van der Waals surface area contributed by atoms with E-state index in [2.05, 4.69) is 14.9 Å². The van der Waals surface area contributed by atoms with E-state index in [1.807, 2.05) is 60.7 Å². The molecule has 0 radical (unpaired) electrons. The van der Waals surface area contributed by atoms with Crippen LogP contribution in [0.1, 0.15) is 0 Å². The van der Waals surface area contributed by atoms with Crippen LogP contribution in [0.5, 0.6) is 0 Å². The highest BCUT2D eigenvalue weighted by Crippen LogP contribution is 2.33. The number of nitrogens with zero attached hydrogens (tertiary/aromatic N) is 4. The summed E-state index contributed by atoms with van der Waals surface area (Å²) in [5.41, 5.74) is 3.73. The first-order valence-electron chi connectivity index (χ1n) is 8.93. The molecule has 0 fully saturated rings. The van der Waals surface area contributed by atoms with Gasteiger partial charge in [0, 0.05) is 31.9 Å². The van der Waals surface area contributed by atoms with Gasteiger partial charge in [-0.05, 0) is 48.5 Å². The van der Waals surface area contributed by atoms with Gasteiger partial charge in [-0.2, -0.15) is 0 Å². The summed E-state index contributed by atoms with van der Waals surface area (Å²) < 4.78 is 3.84. The summed E-state index contributed by atoms with van der Waals surface area (Å²) in [7, 11) is 0. The molecule has 0 saturated heterocycles. The number of hydrogen-bond acceptors (Lipinski definition) is 3. The first-order chi connectivity index (χ1) is 13.6. The molecule has 3 aromatic carbocycles. The van der Waals surface area contributed by atoms with Gasteiger partial charge in [-0.1, -0.05) is 40.5 Å². The molecule has 7 heteroatoms.